The van der Waals surface area contributed by atoms with Crippen molar-refractivity contribution in [1.82, 2.24) is 0 Å². The van der Waals surface area contributed by atoms with Gasteiger partial charge in [-0.05, 0) is 28.7 Å². The van der Waals surface area contributed by atoms with E-state index in [1.807, 2.05) is 34.7 Å². The molecule has 0 fully saturated rings. The van der Waals surface area contributed by atoms with E-state index >= 15 is 0 Å². The van der Waals surface area contributed by atoms with Crippen molar-refractivity contribution in [2.24, 2.45) is 0 Å². The van der Waals surface area contributed by atoms with Gasteiger partial charge in [-0.15, -0.1) is 0 Å². The molecule has 0 radical (unpaired) electrons. The second kappa shape index (κ2) is 10.7. The summed E-state index contributed by atoms with van der Waals surface area (Å²) in [7, 11) is 5.34. The standard InChI is InChI=1S/C18H20OS3/c1-19-18-10-8-17(9-11-18)15-22-21-13-5-12-20-14-16-6-3-2-4-7-16/h2-11,13H,12,14-15H2,1H3/b13-5+. The molecule has 2 rings (SSSR count). The van der Waals surface area contributed by atoms with E-state index in [9.17, 15) is 0 Å². The number of methoxy groups -OCH3 is 1. The van der Waals surface area contributed by atoms with Gasteiger partial charge in [0.1, 0.15) is 5.75 Å². The minimum Gasteiger partial charge on any atom is -0.497 e. The van der Waals surface area contributed by atoms with Crippen molar-refractivity contribution < 1.29 is 4.74 Å². The van der Waals surface area contributed by atoms with Crippen molar-refractivity contribution in [3.8, 4) is 5.75 Å². The van der Waals surface area contributed by atoms with E-state index in [1.54, 1.807) is 17.9 Å². The van der Waals surface area contributed by atoms with Gasteiger partial charge in [0, 0.05) is 17.3 Å². The zero-order valence-corrected chi connectivity index (χ0v) is 15.1. The Morgan fingerprint density at radius 1 is 0.909 bits per heavy atom. The first-order valence-corrected chi connectivity index (χ1v) is 10.6. The summed E-state index contributed by atoms with van der Waals surface area (Å²) in [5.74, 6) is 4.06. The quantitative estimate of drug-likeness (QED) is 0.404. The van der Waals surface area contributed by atoms with Gasteiger partial charge in [-0.2, -0.15) is 11.8 Å². The number of hydrogen-bond donors (Lipinski definition) is 0. The van der Waals surface area contributed by atoms with Gasteiger partial charge in [-0.25, -0.2) is 0 Å². The fraction of sp³-hybridized carbons (Fsp3) is 0.222. The highest BCUT2D eigenvalue weighted by molar-refractivity contribution is 8.77. The van der Waals surface area contributed by atoms with Crippen LogP contribution in [-0.4, -0.2) is 12.9 Å². The summed E-state index contributed by atoms with van der Waals surface area (Å²) in [6, 6.07) is 18.9. The Bertz CT molecular complexity index is 552. The van der Waals surface area contributed by atoms with Gasteiger partial charge in [-0.3, -0.25) is 0 Å². The maximum Gasteiger partial charge on any atom is 0.118 e. The van der Waals surface area contributed by atoms with E-state index in [1.165, 1.54) is 11.1 Å². The van der Waals surface area contributed by atoms with Crippen LogP contribution in [0.2, 0.25) is 0 Å². The fourth-order valence-corrected chi connectivity index (χ4v) is 4.39. The summed E-state index contributed by atoms with van der Waals surface area (Å²) in [5, 5.41) is 2.19. The van der Waals surface area contributed by atoms with Crippen molar-refractivity contribution in [3.05, 3.63) is 77.2 Å². The van der Waals surface area contributed by atoms with Crippen LogP contribution < -0.4 is 4.74 Å². The summed E-state index contributed by atoms with van der Waals surface area (Å²) < 4.78 is 5.16. The molecule has 2 aromatic carbocycles. The molecule has 0 aromatic heterocycles. The molecular weight excluding hydrogens is 328 g/mol. The first kappa shape index (κ1) is 17.4. The SMILES string of the molecule is COc1ccc(CSS/C=C/CSCc2ccccc2)cc1. The third kappa shape index (κ3) is 6.86. The lowest BCUT2D eigenvalue weighted by Gasteiger charge is -2.02. The van der Waals surface area contributed by atoms with E-state index in [2.05, 4.69) is 53.9 Å². The van der Waals surface area contributed by atoms with Crippen molar-refractivity contribution in [3.63, 3.8) is 0 Å². The smallest absolute Gasteiger partial charge is 0.118 e. The van der Waals surface area contributed by atoms with Crippen LogP contribution >= 0.6 is 33.3 Å². The van der Waals surface area contributed by atoms with Crippen LogP contribution in [0.5, 0.6) is 5.75 Å². The van der Waals surface area contributed by atoms with Gasteiger partial charge >= 0.3 is 0 Å². The predicted molar refractivity (Wildman–Crippen MR) is 104 cm³/mol. The monoisotopic (exact) mass is 348 g/mol. The molecule has 4 heteroatoms. The number of benzene rings is 2. The van der Waals surface area contributed by atoms with Gasteiger partial charge in [0.05, 0.1) is 7.11 Å². The highest BCUT2D eigenvalue weighted by Gasteiger charge is 1.95. The summed E-state index contributed by atoms with van der Waals surface area (Å²) in [4.78, 5) is 0. The average Bonchev–Trinajstić information content (AvgIpc) is 2.59. The molecule has 0 saturated carbocycles. The van der Waals surface area contributed by atoms with Gasteiger partial charge in [0.2, 0.25) is 0 Å². The number of ether oxygens (including phenoxy) is 1. The molecule has 0 N–H and O–H groups in total. The molecule has 2 aromatic rings. The van der Waals surface area contributed by atoms with Crippen LogP contribution in [0.15, 0.2) is 66.1 Å². The van der Waals surface area contributed by atoms with Crippen LogP contribution in [0, 0.1) is 0 Å². The molecule has 0 aliphatic carbocycles. The maximum absolute atomic E-state index is 5.16. The van der Waals surface area contributed by atoms with E-state index in [0.717, 1.165) is 23.0 Å². The summed E-state index contributed by atoms with van der Waals surface area (Å²) in [6.45, 7) is 0. The van der Waals surface area contributed by atoms with Crippen molar-refractivity contribution in [2.75, 3.05) is 12.9 Å². The number of hydrogen-bond acceptors (Lipinski definition) is 4. The molecule has 0 bridgehead atoms. The molecule has 0 amide bonds. The zero-order valence-electron chi connectivity index (χ0n) is 12.6. The van der Waals surface area contributed by atoms with Crippen LogP contribution in [-0.2, 0) is 11.5 Å². The van der Waals surface area contributed by atoms with Gasteiger partial charge in [0.25, 0.3) is 0 Å². The first-order valence-electron chi connectivity index (χ1n) is 7.06. The molecule has 116 valence electrons. The highest BCUT2D eigenvalue weighted by Crippen LogP contribution is 2.27. The molecule has 0 aliphatic rings. The summed E-state index contributed by atoms with van der Waals surface area (Å²) in [6.07, 6.45) is 2.24. The largest absolute Gasteiger partial charge is 0.497 e. The van der Waals surface area contributed by atoms with Crippen LogP contribution in [0.1, 0.15) is 11.1 Å². The Labute approximate surface area is 145 Å². The molecule has 1 nitrogen and oxygen atoms in total. The van der Waals surface area contributed by atoms with Crippen LogP contribution in [0.4, 0.5) is 0 Å². The zero-order chi connectivity index (χ0) is 15.5. The van der Waals surface area contributed by atoms with E-state index in [-0.39, 0.29) is 0 Å². The summed E-state index contributed by atoms with van der Waals surface area (Å²) in [5.41, 5.74) is 2.72. The fourth-order valence-electron chi connectivity index (χ4n) is 1.76. The molecular formula is C18H20OS3. The minimum absolute atomic E-state index is 0.914. The molecule has 0 aliphatic heterocycles. The maximum atomic E-state index is 5.16. The third-order valence-electron chi connectivity index (χ3n) is 2.93. The van der Waals surface area contributed by atoms with Gasteiger partial charge < -0.3 is 4.74 Å². The van der Waals surface area contributed by atoms with E-state index in [0.29, 0.717) is 0 Å². The van der Waals surface area contributed by atoms with Gasteiger partial charge in [-0.1, -0.05) is 70.1 Å². The van der Waals surface area contributed by atoms with Crippen LogP contribution in [0.3, 0.4) is 0 Å². The van der Waals surface area contributed by atoms with Crippen molar-refractivity contribution >= 4 is 33.3 Å². The molecule has 0 heterocycles. The lowest BCUT2D eigenvalue weighted by Crippen LogP contribution is -1.83. The predicted octanol–water partition coefficient (Wildman–Crippen LogP) is 6.02. The molecule has 0 unspecified atom stereocenters. The number of rotatable bonds is 9. The Morgan fingerprint density at radius 2 is 1.64 bits per heavy atom. The van der Waals surface area contributed by atoms with E-state index in [4.69, 9.17) is 4.74 Å². The molecule has 0 saturated heterocycles. The Kier molecular flexibility index (Phi) is 8.46. The van der Waals surface area contributed by atoms with Crippen molar-refractivity contribution in [2.45, 2.75) is 11.5 Å². The molecule has 22 heavy (non-hydrogen) atoms. The normalized spacial score (nSPS) is 11.0. The third-order valence-corrected chi connectivity index (χ3v) is 5.88. The van der Waals surface area contributed by atoms with Crippen LogP contribution in [0.25, 0.3) is 0 Å². The average molecular weight is 349 g/mol. The first-order chi connectivity index (χ1) is 10.9. The topological polar surface area (TPSA) is 9.23 Å². The lowest BCUT2D eigenvalue weighted by atomic mass is 10.2. The Hall–Kier alpha value is -0.970. The lowest BCUT2D eigenvalue weighted by molar-refractivity contribution is 0.414. The van der Waals surface area contributed by atoms with Gasteiger partial charge in [0.15, 0.2) is 0 Å². The second-order valence-electron chi connectivity index (χ2n) is 4.58. The highest BCUT2D eigenvalue weighted by atomic mass is 33.1. The Morgan fingerprint density at radius 3 is 2.36 bits per heavy atom. The second-order valence-corrected chi connectivity index (χ2v) is 7.88. The molecule has 0 spiro atoms. The summed E-state index contributed by atoms with van der Waals surface area (Å²) >= 11 is 1.94. The Balaban J connectivity index is 1.54. The van der Waals surface area contributed by atoms with Crippen molar-refractivity contribution in [1.29, 1.82) is 0 Å². The number of thioether (sulfide) groups is 1. The van der Waals surface area contributed by atoms with E-state index < -0.39 is 0 Å². The molecule has 0 atom stereocenters. The minimum atomic E-state index is 0.914.